The van der Waals surface area contributed by atoms with E-state index in [2.05, 4.69) is 27.0 Å². The maximum absolute atomic E-state index is 13.5. The van der Waals surface area contributed by atoms with Gasteiger partial charge in [-0.1, -0.05) is 40.2 Å². The molecule has 0 atom stereocenters. The van der Waals surface area contributed by atoms with Gasteiger partial charge in [-0.2, -0.15) is 4.98 Å². The van der Waals surface area contributed by atoms with E-state index in [-0.39, 0.29) is 21.7 Å². The van der Waals surface area contributed by atoms with Crippen molar-refractivity contribution in [3.8, 4) is 11.5 Å². The number of hydrogen-bond donors (Lipinski definition) is 0. The standard InChI is InChI=1S/C24H18BrFN2O3S/c25-19-7-11-21(12-8-19)32(29,30)23-24(28-14-13-16-3-1-2-4-18(16)15-28)31-22(27-23)17-5-9-20(26)10-6-17/h1-12H,13-15H2. The lowest BCUT2D eigenvalue weighted by Crippen LogP contribution is -2.31. The molecule has 1 aromatic heterocycles. The molecule has 5 nitrogen and oxygen atoms in total. The van der Waals surface area contributed by atoms with E-state index >= 15 is 0 Å². The summed E-state index contributed by atoms with van der Waals surface area (Å²) in [5.41, 5.74) is 2.85. The molecule has 0 spiro atoms. The Morgan fingerprint density at radius 3 is 2.34 bits per heavy atom. The average molecular weight is 513 g/mol. The summed E-state index contributed by atoms with van der Waals surface area (Å²) in [5, 5.41) is -0.140. The molecule has 4 aromatic rings. The van der Waals surface area contributed by atoms with Crippen molar-refractivity contribution in [2.45, 2.75) is 22.9 Å². The van der Waals surface area contributed by atoms with Gasteiger partial charge < -0.3 is 9.32 Å². The van der Waals surface area contributed by atoms with Crippen LogP contribution in [0.2, 0.25) is 0 Å². The van der Waals surface area contributed by atoms with Crippen LogP contribution in [0.5, 0.6) is 0 Å². The first-order valence-electron chi connectivity index (χ1n) is 10.0. The Morgan fingerprint density at radius 2 is 1.62 bits per heavy atom. The van der Waals surface area contributed by atoms with Gasteiger partial charge in [0.25, 0.3) is 0 Å². The molecule has 8 heteroatoms. The number of benzene rings is 3. The van der Waals surface area contributed by atoms with Crippen LogP contribution < -0.4 is 4.90 Å². The van der Waals surface area contributed by atoms with Gasteiger partial charge in [0.1, 0.15) is 5.82 Å². The lowest BCUT2D eigenvalue weighted by atomic mass is 10.0. The summed E-state index contributed by atoms with van der Waals surface area (Å²) < 4.78 is 47.3. The summed E-state index contributed by atoms with van der Waals surface area (Å²) >= 11 is 3.33. The van der Waals surface area contributed by atoms with Crippen LogP contribution in [0.3, 0.4) is 0 Å². The van der Waals surface area contributed by atoms with Crippen LogP contribution in [0.25, 0.3) is 11.5 Å². The van der Waals surface area contributed by atoms with Crippen molar-refractivity contribution in [2.75, 3.05) is 11.4 Å². The van der Waals surface area contributed by atoms with E-state index in [1.54, 1.807) is 12.1 Å². The summed E-state index contributed by atoms with van der Waals surface area (Å²) in [7, 11) is -3.95. The maximum atomic E-state index is 13.5. The Labute approximate surface area is 193 Å². The fourth-order valence-electron chi connectivity index (χ4n) is 3.78. The minimum Gasteiger partial charge on any atom is -0.419 e. The molecule has 0 unspecified atom stereocenters. The molecule has 1 aliphatic heterocycles. The SMILES string of the molecule is O=S(=O)(c1ccc(Br)cc1)c1nc(-c2ccc(F)cc2)oc1N1CCc2ccccc2C1. The second kappa shape index (κ2) is 8.18. The first-order chi connectivity index (χ1) is 15.4. The van der Waals surface area contributed by atoms with E-state index in [4.69, 9.17) is 4.42 Å². The predicted octanol–water partition coefficient (Wildman–Crippen LogP) is 5.64. The largest absolute Gasteiger partial charge is 0.419 e. The van der Waals surface area contributed by atoms with Gasteiger partial charge in [0.2, 0.25) is 26.6 Å². The zero-order valence-corrected chi connectivity index (χ0v) is 19.2. The van der Waals surface area contributed by atoms with Crippen molar-refractivity contribution in [2.24, 2.45) is 0 Å². The van der Waals surface area contributed by atoms with Gasteiger partial charge in [0.05, 0.1) is 4.90 Å². The van der Waals surface area contributed by atoms with Crippen LogP contribution in [0.1, 0.15) is 11.1 Å². The number of halogens is 2. The smallest absolute Gasteiger partial charge is 0.236 e. The minimum absolute atomic E-state index is 0.123. The summed E-state index contributed by atoms with van der Waals surface area (Å²) in [6.45, 7) is 1.11. The molecule has 2 heterocycles. The van der Waals surface area contributed by atoms with E-state index in [1.807, 2.05) is 23.1 Å². The van der Waals surface area contributed by atoms with Crippen LogP contribution in [-0.4, -0.2) is 19.9 Å². The molecule has 32 heavy (non-hydrogen) atoms. The van der Waals surface area contributed by atoms with Gasteiger partial charge in [0.15, 0.2) is 0 Å². The maximum Gasteiger partial charge on any atom is 0.236 e. The third kappa shape index (κ3) is 3.84. The summed E-state index contributed by atoms with van der Waals surface area (Å²) in [6, 6.07) is 20.1. The molecule has 162 valence electrons. The fourth-order valence-corrected chi connectivity index (χ4v) is 5.37. The van der Waals surface area contributed by atoms with Crippen molar-refractivity contribution >= 4 is 31.7 Å². The van der Waals surface area contributed by atoms with Crippen molar-refractivity contribution in [3.05, 3.63) is 94.2 Å². The van der Waals surface area contributed by atoms with Gasteiger partial charge >= 0.3 is 0 Å². The van der Waals surface area contributed by atoms with Crippen LogP contribution in [0.15, 0.2) is 91.6 Å². The van der Waals surface area contributed by atoms with E-state index in [0.29, 0.717) is 18.7 Å². The van der Waals surface area contributed by atoms with Crippen LogP contribution in [-0.2, 0) is 22.8 Å². The van der Waals surface area contributed by atoms with Crippen LogP contribution in [0.4, 0.5) is 10.3 Å². The van der Waals surface area contributed by atoms with Gasteiger partial charge in [-0.25, -0.2) is 12.8 Å². The highest BCUT2D eigenvalue weighted by Gasteiger charge is 2.32. The number of rotatable bonds is 4. The number of anilines is 1. The predicted molar refractivity (Wildman–Crippen MR) is 123 cm³/mol. The lowest BCUT2D eigenvalue weighted by molar-refractivity contribution is 0.533. The topological polar surface area (TPSA) is 63.4 Å². The Kier molecular flexibility index (Phi) is 5.35. The quantitative estimate of drug-likeness (QED) is 0.354. The normalized spacial score (nSPS) is 13.8. The number of sulfone groups is 1. The molecule has 5 rings (SSSR count). The Balaban J connectivity index is 1.63. The molecule has 0 aliphatic carbocycles. The molecule has 0 bridgehead atoms. The molecule has 0 saturated carbocycles. The highest BCUT2D eigenvalue weighted by atomic mass is 79.9. The van der Waals surface area contributed by atoms with E-state index in [0.717, 1.165) is 16.5 Å². The summed E-state index contributed by atoms with van der Waals surface area (Å²) in [4.78, 5) is 6.40. The van der Waals surface area contributed by atoms with Crippen molar-refractivity contribution in [1.82, 2.24) is 4.98 Å². The highest BCUT2D eigenvalue weighted by molar-refractivity contribution is 9.10. The van der Waals surface area contributed by atoms with Crippen molar-refractivity contribution < 1.29 is 17.2 Å². The van der Waals surface area contributed by atoms with E-state index in [9.17, 15) is 12.8 Å². The molecule has 0 radical (unpaired) electrons. The minimum atomic E-state index is -3.95. The molecule has 3 aromatic carbocycles. The number of fused-ring (bicyclic) bond motifs is 1. The number of hydrogen-bond acceptors (Lipinski definition) is 5. The second-order valence-corrected chi connectivity index (χ2v) is 10.3. The molecule has 0 N–H and O–H groups in total. The summed E-state index contributed by atoms with van der Waals surface area (Å²) in [6.07, 6.45) is 0.764. The zero-order valence-electron chi connectivity index (χ0n) is 16.8. The number of aromatic nitrogens is 1. The zero-order chi connectivity index (χ0) is 22.3. The van der Waals surface area contributed by atoms with Crippen molar-refractivity contribution in [3.63, 3.8) is 0 Å². The number of oxazole rings is 1. The second-order valence-electron chi connectivity index (χ2n) is 7.53. The fraction of sp³-hybridized carbons (Fsp3) is 0.125. The lowest BCUT2D eigenvalue weighted by Gasteiger charge is -2.28. The van der Waals surface area contributed by atoms with E-state index < -0.39 is 15.7 Å². The molecular weight excluding hydrogens is 495 g/mol. The monoisotopic (exact) mass is 512 g/mol. The first kappa shape index (κ1) is 20.9. The summed E-state index contributed by atoms with van der Waals surface area (Å²) in [5.74, 6) is -0.0628. The number of nitrogens with zero attached hydrogens (tertiary/aromatic N) is 2. The first-order valence-corrected chi connectivity index (χ1v) is 12.3. The Morgan fingerprint density at radius 1 is 0.938 bits per heavy atom. The molecule has 0 fully saturated rings. The van der Waals surface area contributed by atoms with Crippen molar-refractivity contribution in [1.29, 1.82) is 0 Å². The van der Waals surface area contributed by atoms with Gasteiger partial charge in [-0.05, 0) is 66.1 Å². The third-order valence-electron chi connectivity index (χ3n) is 5.47. The van der Waals surface area contributed by atoms with Gasteiger partial charge in [0, 0.05) is 23.1 Å². The van der Waals surface area contributed by atoms with Gasteiger partial charge in [-0.15, -0.1) is 0 Å². The molecule has 1 aliphatic rings. The van der Waals surface area contributed by atoms with Gasteiger partial charge in [-0.3, -0.25) is 0 Å². The van der Waals surface area contributed by atoms with E-state index in [1.165, 1.54) is 42.0 Å². The molecule has 0 saturated heterocycles. The van der Waals surface area contributed by atoms with Crippen LogP contribution in [0, 0.1) is 5.82 Å². The Hall–Kier alpha value is -2.97. The highest BCUT2D eigenvalue weighted by Crippen LogP contribution is 2.37. The molecule has 0 amide bonds. The third-order valence-corrected chi connectivity index (χ3v) is 7.66. The average Bonchev–Trinajstić information content (AvgIpc) is 3.26. The molecular formula is C24H18BrFN2O3S. The Bertz CT molecular complexity index is 1380. The van der Waals surface area contributed by atoms with Crippen LogP contribution >= 0.6 is 15.9 Å².